The van der Waals surface area contributed by atoms with Crippen LogP contribution in [0.2, 0.25) is 0 Å². The van der Waals surface area contributed by atoms with Gasteiger partial charge in [0.25, 0.3) is 0 Å². The van der Waals surface area contributed by atoms with Crippen molar-refractivity contribution >= 4 is 39.1 Å². The van der Waals surface area contributed by atoms with E-state index in [1.807, 2.05) is 6.08 Å². The fraction of sp³-hybridized carbons (Fsp3) is 0.800. The Bertz CT molecular complexity index is 292. The van der Waals surface area contributed by atoms with E-state index in [1.165, 1.54) is 0 Å². The van der Waals surface area contributed by atoms with E-state index in [9.17, 15) is 0 Å². The van der Waals surface area contributed by atoms with E-state index in [1.54, 1.807) is 5.54 Å². The lowest BCUT2D eigenvalue weighted by atomic mass is 9.75. The molecule has 0 amide bonds. The van der Waals surface area contributed by atoms with Crippen LogP contribution < -0.4 is 0 Å². The normalized spacial score (nSPS) is 57.4. The molecule has 0 aromatic heterocycles. The Balaban J connectivity index is 2.24. The Labute approximate surface area is 103 Å². The second-order valence-electron chi connectivity index (χ2n) is 4.64. The highest BCUT2D eigenvalue weighted by Crippen LogP contribution is 2.63. The predicted molar refractivity (Wildman–Crippen MR) is 63.4 cm³/mol. The van der Waals surface area contributed by atoms with Gasteiger partial charge in [-0.15, -0.1) is 11.6 Å². The van der Waals surface area contributed by atoms with Gasteiger partial charge >= 0.3 is 0 Å². The molecule has 2 rings (SSSR count). The summed E-state index contributed by atoms with van der Waals surface area (Å²) < 4.78 is 5.81. The minimum Gasteiger partial charge on any atom is -0.358 e. The second-order valence-corrected chi connectivity index (χ2v) is 6.86. The largest absolute Gasteiger partial charge is 0.358 e. The first-order valence-corrected chi connectivity index (χ1v) is 6.39. The third-order valence-electron chi connectivity index (χ3n) is 3.41. The second kappa shape index (κ2) is 3.13. The fourth-order valence-electron chi connectivity index (χ4n) is 2.45. The Morgan fingerprint density at radius 1 is 1.50 bits per heavy atom. The minimum atomic E-state index is -0.227. The van der Waals surface area contributed by atoms with Crippen molar-refractivity contribution in [2.75, 3.05) is 0 Å². The van der Waals surface area contributed by atoms with E-state index < -0.39 is 0 Å². The summed E-state index contributed by atoms with van der Waals surface area (Å²) in [5.41, 5.74) is 1.23. The molecule has 0 radical (unpaired) electrons. The highest BCUT2D eigenvalue weighted by molar-refractivity contribution is 9.09. The van der Waals surface area contributed by atoms with E-state index in [0.717, 1.165) is 12.8 Å². The van der Waals surface area contributed by atoms with Gasteiger partial charge in [-0.3, -0.25) is 0 Å². The fourth-order valence-corrected chi connectivity index (χ4v) is 3.63. The third-order valence-corrected chi connectivity index (χ3v) is 5.53. The smallest absolute Gasteiger partial charge is 0.118 e. The van der Waals surface area contributed by atoms with Crippen molar-refractivity contribution in [3.05, 3.63) is 11.6 Å². The molecule has 1 saturated carbocycles. The first-order chi connectivity index (χ1) is 6.35. The van der Waals surface area contributed by atoms with Crippen molar-refractivity contribution < 1.29 is 4.74 Å². The average Bonchev–Trinajstić information content (AvgIpc) is 2.53. The van der Waals surface area contributed by atoms with Crippen LogP contribution in [0.4, 0.5) is 0 Å². The van der Waals surface area contributed by atoms with E-state index in [-0.39, 0.29) is 20.9 Å². The van der Waals surface area contributed by atoms with Gasteiger partial charge in [-0.05, 0) is 32.8 Å². The third kappa shape index (κ3) is 1.46. The van der Waals surface area contributed by atoms with Gasteiger partial charge in [0.05, 0.1) is 4.87 Å². The van der Waals surface area contributed by atoms with Gasteiger partial charge in [-0.2, -0.15) is 0 Å². The van der Waals surface area contributed by atoms with E-state index >= 15 is 0 Å². The van der Waals surface area contributed by atoms with Crippen LogP contribution in [0.5, 0.6) is 0 Å². The lowest BCUT2D eigenvalue weighted by Crippen LogP contribution is -2.44. The molecule has 0 N–H and O–H groups in total. The van der Waals surface area contributed by atoms with Crippen molar-refractivity contribution in [2.24, 2.45) is 0 Å². The van der Waals surface area contributed by atoms with E-state index in [4.69, 9.17) is 27.9 Å². The molecule has 1 saturated heterocycles. The molecular weight excluding hydrogens is 287 g/mol. The zero-order chi connectivity index (χ0) is 10.6. The topological polar surface area (TPSA) is 12.5 Å². The number of hydrogen-bond donors (Lipinski definition) is 0. The molecule has 4 heteroatoms. The Morgan fingerprint density at radius 2 is 2.14 bits per heavy atom. The summed E-state index contributed by atoms with van der Waals surface area (Å²) in [5, 5.41) is 0. The zero-order valence-electron chi connectivity index (χ0n) is 8.19. The lowest BCUT2D eigenvalue weighted by molar-refractivity contribution is 0.284. The first kappa shape index (κ1) is 11.3. The van der Waals surface area contributed by atoms with E-state index in [2.05, 4.69) is 29.8 Å². The van der Waals surface area contributed by atoms with Crippen molar-refractivity contribution in [1.29, 1.82) is 0 Å². The summed E-state index contributed by atoms with van der Waals surface area (Å²) in [7, 11) is 0. The maximum Gasteiger partial charge on any atom is 0.118 e. The molecule has 1 aliphatic carbocycles. The monoisotopic (exact) mass is 298 g/mol. The summed E-state index contributed by atoms with van der Waals surface area (Å²) >= 11 is 15.7. The molecule has 80 valence electrons. The first-order valence-electron chi connectivity index (χ1n) is 4.66. The van der Waals surface area contributed by atoms with Crippen molar-refractivity contribution in [3.63, 3.8) is 0 Å². The van der Waals surface area contributed by atoms with Gasteiger partial charge in [-0.1, -0.05) is 27.5 Å². The molecule has 0 spiro atoms. The Kier molecular flexibility index (Phi) is 2.51. The van der Waals surface area contributed by atoms with Gasteiger partial charge in [0.2, 0.25) is 0 Å². The summed E-state index contributed by atoms with van der Waals surface area (Å²) in [6, 6.07) is 0. The SMILES string of the molecule is C[C@]1(Cl)C[C@]2(C)O[C@]2(/C=C/Cl)C[C@H]1Br. The molecule has 0 aromatic carbocycles. The predicted octanol–water partition coefficient (Wildman–Crippen LogP) is 3.82. The van der Waals surface area contributed by atoms with Crippen LogP contribution in [0.3, 0.4) is 0 Å². The van der Waals surface area contributed by atoms with Crippen molar-refractivity contribution in [2.45, 2.75) is 47.6 Å². The molecule has 0 aromatic rings. The molecule has 2 aliphatic rings. The van der Waals surface area contributed by atoms with Crippen LogP contribution in [-0.2, 0) is 4.74 Å². The number of halogens is 3. The van der Waals surface area contributed by atoms with Gasteiger partial charge in [-0.25, -0.2) is 0 Å². The number of ether oxygens (including phenoxy) is 1. The molecule has 0 unspecified atom stereocenters. The summed E-state index contributed by atoms with van der Waals surface area (Å²) in [4.78, 5) is 0.0367. The minimum absolute atomic E-state index is 0.126. The highest BCUT2D eigenvalue weighted by atomic mass is 79.9. The number of alkyl halides is 2. The maximum atomic E-state index is 6.41. The van der Waals surface area contributed by atoms with Crippen molar-refractivity contribution in [1.82, 2.24) is 0 Å². The van der Waals surface area contributed by atoms with Crippen LogP contribution in [0.25, 0.3) is 0 Å². The summed E-state index contributed by atoms with van der Waals surface area (Å²) in [5.74, 6) is 0. The maximum absolute atomic E-state index is 6.41. The van der Waals surface area contributed by atoms with Crippen molar-refractivity contribution in [3.8, 4) is 0 Å². The van der Waals surface area contributed by atoms with Gasteiger partial charge in [0.1, 0.15) is 11.2 Å². The van der Waals surface area contributed by atoms with Crippen LogP contribution in [-0.4, -0.2) is 20.9 Å². The highest BCUT2D eigenvalue weighted by Gasteiger charge is 2.71. The van der Waals surface area contributed by atoms with Gasteiger partial charge in [0.15, 0.2) is 0 Å². The zero-order valence-corrected chi connectivity index (χ0v) is 11.3. The molecule has 1 aliphatic heterocycles. The molecule has 1 nitrogen and oxygen atoms in total. The number of hydrogen-bond acceptors (Lipinski definition) is 1. The van der Waals surface area contributed by atoms with Gasteiger partial charge < -0.3 is 4.74 Å². The number of epoxide rings is 1. The molecule has 1 heterocycles. The Morgan fingerprint density at radius 3 is 2.71 bits per heavy atom. The molecule has 2 fully saturated rings. The summed E-state index contributed by atoms with van der Waals surface area (Å²) in [6.45, 7) is 4.15. The Hall–Kier alpha value is 0.760. The average molecular weight is 300 g/mol. The van der Waals surface area contributed by atoms with Gasteiger partial charge in [0, 0.05) is 10.4 Å². The molecule has 4 atom stereocenters. The number of fused-ring (bicyclic) bond motifs is 1. The lowest BCUT2D eigenvalue weighted by Gasteiger charge is -2.36. The van der Waals surface area contributed by atoms with Crippen LogP contribution >= 0.6 is 39.1 Å². The quantitative estimate of drug-likeness (QED) is 0.530. The molecular formula is C10H13BrCl2O. The summed E-state index contributed by atoms with van der Waals surface area (Å²) in [6.07, 6.45) is 3.67. The molecule has 0 bridgehead atoms. The number of rotatable bonds is 1. The van der Waals surface area contributed by atoms with Crippen LogP contribution in [0, 0.1) is 0 Å². The molecule has 14 heavy (non-hydrogen) atoms. The van der Waals surface area contributed by atoms with E-state index in [0.29, 0.717) is 0 Å². The van der Waals surface area contributed by atoms with Crippen LogP contribution in [0.15, 0.2) is 11.6 Å². The van der Waals surface area contributed by atoms with Crippen LogP contribution in [0.1, 0.15) is 26.7 Å². The standard InChI is InChI=1S/C10H13BrCl2O/c1-8(13)6-9(2)10(14-9,3-4-12)5-7(8)11/h3-4,7H,5-6H2,1-2H3/b4-3+/t7-,8+,9+,10-/m1/s1.